The molecule has 1 N–H and O–H groups in total. The molecule has 3 unspecified atom stereocenters. The van der Waals surface area contributed by atoms with Crippen molar-refractivity contribution in [1.82, 2.24) is 5.32 Å². The molecule has 0 aromatic heterocycles. The van der Waals surface area contributed by atoms with Crippen LogP contribution in [0.2, 0.25) is 0 Å². The lowest BCUT2D eigenvalue weighted by atomic mass is 9.72. The highest BCUT2D eigenvalue weighted by Crippen LogP contribution is 2.40. The summed E-state index contributed by atoms with van der Waals surface area (Å²) in [4.78, 5) is 0. The minimum absolute atomic E-state index is 0.238. The Labute approximate surface area is 131 Å². The SMILES string of the molecule is CNC(c1ccc(C(C)(C)C)cc1)C1CC(C)CC(C)C1. The van der Waals surface area contributed by atoms with E-state index in [2.05, 4.69) is 71.2 Å². The van der Waals surface area contributed by atoms with Crippen molar-refractivity contribution in [3.8, 4) is 0 Å². The molecule has 0 aliphatic heterocycles. The highest BCUT2D eigenvalue weighted by Gasteiger charge is 2.30. The minimum atomic E-state index is 0.238. The van der Waals surface area contributed by atoms with E-state index in [4.69, 9.17) is 0 Å². The van der Waals surface area contributed by atoms with Gasteiger partial charge in [-0.25, -0.2) is 0 Å². The van der Waals surface area contributed by atoms with Gasteiger partial charge in [-0.15, -0.1) is 0 Å². The van der Waals surface area contributed by atoms with Gasteiger partial charge in [0.25, 0.3) is 0 Å². The van der Waals surface area contributed by atoms with Crippen LogP contribution in [0.1, 0.15) is 71.0 Å². The van der Waals surface area contributed by atoms with Crippen molar-refractivity contribution < 1.29 is 0 Å². The van der Waals surface area contributed by atoms with Gasteiger partial charge in [0.15, 0.2) is 0 Å². The number of benzene rings is 1. The van der Waals surface area contributed by atoms with E-state index in [0.717, 1.165) is 17.8 Å². The maximum Gasteiger partial charge on any atom is 0.0346 e. The molecular weight excluding hydrogens is 254 g/mol. The van der Waals surface area contributed by atoms with Gasteiger partial charge in [-0.3, -0.25) is 0 Å². The zero-order valence-corrected chi connectivity index (χ0v) is 14.7. The fourth-order valence-corrected chi connectivity index (χ4v) is 4.15. The second-order valence-electron chi connectivity index (χ2n) is 8.32. The molecule has 0 radical (unpaired) electrons. The molecule has 0 amide bonds. The lowest BCUT2D eigenvalue weighted by Crippen LogP contribution is -2.31. The highest BCUT2D eigenvalue weighted by molar-refractivity contribution is 5.29. The smallest absolute Gasteiger partial charge is 0.0346 e. The van der Waals surface area contributed by atoms with Crippen molar-refractivity contribution in [3.63, 3.8) is 0 Å². The summed E-state index contributed by atoms with van der Waals surface area (Å²) in [6.45, 7) is 11.7. The lowest BCUT2D eigenvalue weighted by Gasteiger charge is -2.37. The first-order valence-electron chi connectivity index (χ1n) is 8.59. The average molecular weight is 287 g/mol. The van der Waals surface area contributed by atoms with Crippen LogP contribution in [-0.2, 0) is 5.41 Å². The molecule has 0 saturated heterocycles. The van der Waals surface area contributed by atoms with Crippen LogP contribution in [0.25, 0.3) is 0 Å². The Kier molecular flexibility index (Phi) is 5.14. The monoisotopic (exact) mass is 287 g/mol. The third kappa shape index (κ3) is 4.10. The van der Waals surface area contributed by atoms with Gasteiger partial charge in [-0.2, -0.15) is 0 Å². The molecule has 1 aromatic carbocycles. The molecule has 0 heterocycles. The Bertz CT molecular complexity index is 430. The molecule has 1 saturated carbocycles. The van der Waals surface area contributed by atoms with E-state index in [9.17, 15) is 0 Å². The van der Waals surface area contributed by atoms with Crippen molar-refractivity contribution in [2.75, 3.05) is 7.05 Å². The van der Waals surface area contributed by atoms with Crippen LogP contribution in [0, 0.1) is 17.8 Å². The predicted octanol–water partition coefficient (Wildman–Crippen LogP) is 5.32. The lowest BCUT2D eigenvalue weighted by molar-refractivity contribution is 0.180. The topological polar surface area (TPSA) is 12.0 Å². The van der Waals surface area contributed by atoms with Gasteiger partial charge in [0.1, 0.15) is 0 Å². The molecular formula is C20H33N. The summed E-state index contributed by atoms with van der Waals surface area (Å²) in [6, 6.07) is 9.81. The summed E-state index contributed by atoms with van der Waals surface area (Å²) in [5.41, 5.74) is 3.12. The summed E-state index contributed by atoms with van der Waals surface area (Å²) in [5, 5.41) is 3.59. The van der Waals surface area contributed by atoms with Crippen LogP contribution < -0.4 is 5.32 Å². The van der Waals surface area contributed by atoms with Gasteiger partial charge in [-0.05, 0) is 60.6 Å². The van der Waals surface area contributed by atoms with Gasteiger partial charge >= 0.3 is 0 Å². The molecule has 1 aliphatic carbocycles. The number of hydrogen-bond acceptors (Lipinski definition) is 1. The van der Waals surface area contributed by atoms with E-state index in [1.165, 1.54) is 30.4 Å². The summed E-state index contributed by atoms with van der Waals surface area (Å²) in [5.74, 6) is 2.50. The molecule has 1 aliphatic rings. The molecule has 21 heavy (non-hydrogen) atoms. The maximum atomic E-state index is 3.59. The van der Waals surface area contributed by atoms with Gasteiger partial charge in [0.2, 0.25) is 0 Å². The number of rotatable bonds is 3. The first-order chi connectivity index (χ1) is 9.81. The molecule has 3 atom stereocenters. The van der Waals surface area contributed by atoms with Crippen LogP contribution >= 0.6 is 0 Å². The fourth-order valence-electron chi connectivity index (χ4n) is 4.15. The van der Waals surface area contributed by atoms with Crippen LogP contribution in [0.5, 0.6) is 0 Å². The molecule has 118 valence electrons. The number of hydrogen-bond donors (Lipinski definition) is 1. The summed E-state index contributed by atoms with van der Waals surface area (Å²) >= 11 is 0. The Morgan fingerprint density at radius 3 is 1.90 bits per heavy atom. The van der Waals surface area contributed by atoms with Crippen LogP contribution in [0.4, 0.5) is 0 Å². The molecule has 1 aromatic rings. The summed E-state index contributed by atoms with van der Waals surface area (Å²) in [7, 11) is 2.12. The van der Waals surface area contributed by atoms with Gasteiger partial charge < -0.3 is 5.32 Å². The van der Waals surface area contributed by atoms with Gasteiger partial charge in [-0.1, -0.05) is 58.9 Å². The Morgan fingerprint density at radius 1 is 0.952 bits per heavy atom. The Hall–Kier alpha value is -0.820. The first-order valence-corrected chi connectivity index (χ1v) is 8.59. The van der Waals surface area contributed by atoms with E-state index in [1.807, 2.05) is 0 Å². The Balaban J connectivity index is 2.17. The standard InChI is InChI=1S/C20H33N/c1-14-11-15(2)13-17(12-14)19(21-6)16-7-9-18(10-8-16)20(3,4)5/h7-10,14-15,17,19,21H,11-13H2,1-6H3. The molecule has 1 fully saturated rings. The fraction of sp³-hybridized carbons (Fsp3) is 0.700. The van der Waals surface area contributed by atoms with Gasteiger partial charge in [0, 0.05) is 6.04 Å². The third-order valence-electron chi connectivity index (χ3n) is 5.13. The van der Waals surface area contributed by atoms with E-state index in [-0.39, 0.29) is 5.41 Å². The van der Waals surface area contributed by atoms with Crippen LogP contribution in [0.15, 0.2) is 24.3 Å². The molecule has 0 bridgehead atoms. The normalized spacial score (nSPS) is 28.4. The van der Waals surface area contributed by atoms with E-state index >= 15 is 0 Å². The number of nitrogens with one attached hydrogen (secondary N) is 1. The first kappa shape index (κ1) is 16.5. The minimum Gasteiger partial charge on any atom is -0.313 e. The van der Waals surface area contributed by atoms with Gasteiger partial charge in [0.05, 0.1) is 0 Å². The van der Waals surface area contributed by atoms with Crippen LogP contribution in [-0.4, -0.2) is 7.05 Å². The quantitative estimate of drug-likeness (QED) is 0.793. The highest BCUT2D eigenvalue weighted by atomic mass is 14.9. The zero-order chi connectivity index (χ0) is 15.6. The van der Waals surface area contributed by atoms with Crippen molar-refractivity contribution in [1.29, 1.82) is 0 Å². The second-order valence-corrected chi connectivity index (χ2v) is 8.32. The second kappa shape index (κ2) is 6.52. The zero-order valence-electron chi connectivity index (χ0n) is 14.7. The van der Waals surface area contributed by atoms with Crippen molar-refractivity contribution in [3.05, 3.63) is 35.4 Å². The average Bonchev–Trinajstić information content (AvgIpc) is 2.38. The largest absolute Gasteiger partial charge is 0.313 e. The molecule has 0 spiro atoms. The van der Waals surface area contributed by atoms with E-state index < -0.39 is 0 Å². The molecule has 1 nitrogen and oxygen atoms in total. The maximum absolute atomic E-state index is 3.59. The predicted molar refractivity (Wildman–Crippen MR) is 92.6 cm³/mol. The molecule has 2 rings (SSSR count). The summed E-state index contributed by atoms with van der Waals surface area (Å²) in [6.07, 6.45) is 4.11. The third-order valence-corrected chi connectivity index (χ3v) is 5.13. The summed E-state index contributed by atoms with van der Waals surface area (Å²) < 4.78 is 0. The van der Waals surface area contributed by atoms with E-state index in [0.29, 0.717) is 6.04 Å². The van der Waals surface area contributed by atoms with Crippen molar-refractivity contribution in [2.45, 2.75) is 65.3 Å². The van der Waals surface area contributed by atoms with E-state index in [1.54, 1.807) is 0 Å². The Morgan fingerprint density at radius 2 is 1.48 bits per heavy atom. The van der Waals surface area contributed by atoms with Crippen molar-refractivity contribution >= 4 is 0 Å². The van der Waals surface area contributed by atoms with Crippen molar-refractivity contribution in [2.24, 2.45) is 17.8 Å². The van der Waals surface area contributed by atoms with Crippen LogP contribution in [0.3, 0.4) is 0 Å². The molecule has 1 heteroatoms.